The summed E-state index contributed by atoms with van der Waals surface area (Å²) in [5, 5.41) is 7.69. The zero-order valence-corrected chi connectivity index (χ0v) is 23.2. The molecule has 0 radical (unpaired) electrons. The summed E-state index contributed by atoms with van der Waals surface area (Å²) >= 11 is 0. The lowest BCUT2D eigenvalue weighted by molar-refractivity contribution is 1.58. The highest BCUT2D eigenvalue weighted by Gasteiger charge is 2.11. The van der Waals surface area contributed by atoms with Crippen LogP contribution < -0.4 is 0 Å². The molecule has 0 aromatic heterocycles. The quantitative estimate of drug-likeness (QED) is 0.198. The van der Waals surface area contributed by atoms with Crippen molar-refractivity contribution in [3.05, 3.63) is 170 Å². The highest BCUT2D eigenvalue weighted by atomic mass is 14.1. The molecule has 0 aliphatic rings. The fourth-order valence-corrected chi connectivity index (χ4v) is 6.38. The Kier molecular flexibility index (Phi) is 5.90. The molecule has 8 aromatic carbocycles. The van der Waals surface area contributed by atoms with Gasteiger partial charge in [-0.3, -0.25) is 0 Å². The van der Waals surface area contributed by atoms with E-state index in [1.807, 2.05) is 0 Å². The number of hydrogen-bond donors (Lipinski definition) is 0. The minimum atomic E-state index is 1.22. The van der Waals surface area contributed by atoms with Crippen molar-refractivity contribution in [3.8, 4) is 44.5 Å². The summed E-state index contributed by atoms with van der Waals surface area (Å²) < 4.78 is 0. The third-order valence-corrected chi connectivity index (χ3v) is 8.43. The second-order valence-electron chi connectivity index (χ2n) is 11.0. The van der Waals surface area contributed by atoms with Crippen LogP contribution in [0.2, 0.25) is 0 Å². The largest absolute Gasteiger partial charge is 0.0616 e. The zero-order chi connectivity index (χ0) is 27.9. The summed E-state index contributed by atoms with van der Waals surface area (Å²) in [5.74, 6) is 0. The predicted octanol–water partition coefficient (Wildman–Crippen LogP) is 11.8. The molecule has 0 N–H and O–H groups in total. The summed E-state index contributed by atoms with van der Waals surface area (Å²) in [7, 11) is 0. The molecule has 42 heavy (non-hydrogen) atoms. The van der Waals surface area contributed by atoms with Gasteiger partial charge in [-0.2, -0.15) is 0 Å². The van der Waals surface area contributed by atoms with Crippen molar-refractivity contribution in [1.29, 1.82) is 0 Å². The molecule has 0 heteroatoms. The first kappa shape index (κ1) is 24.3. The molecule has 0 bridgehead atoms. The lowest BCUT2D eigenvalue weighted by atomic mass is 9.91. The summed E-state index contributed by atoms with van der Waals surface area (Å²) in [4.78, 5) is 0. The molecule has 0 unspecified atom stereocenters. The topological polar surface area (TPSA) is 0 Å². The van der Waals surface area contributed by atoms with Crippen LogP contribution in [-0.4, -0.2) is 0 Å². The fraction of sp³-hybridized carbons (Fsp3) is 0. The summed E-state index contributed by atoms with van der Waals surface area (Å²) in [5.41, 5.74) is 9.88. The van der Waals surface area contributed by atoms with Crippen molar-refractivity contribution in [2.75, 3.05) is 0 Å². The third kappa shape index (κ3) is 4.26. The van der Waals surface area contributed by atoms with Crippen LogP contribution >= 0.6 is 0 Å². The molecule has 0 aliphatic carbocycles. The molecule has 8 rings (SSSR count). The van der Waals surface area contributed by atoms with Crippen molar-refractivity contribution in [2.24, 2.45) is 0 Å². The van der Waals surface area contributed by atoms with E-state index in [2.05, 4.69) is 170 Å². The van der Waals surface area contributed by atoms with E-state index in [9.17, 15) is 0 Å². The van der Waals surface area contributed by atoms with E-state index in [1.54, 1.807) is 0 Å². The van der Waals surface area contributed by atoms with Crippen molar-refractivity contribution < 1.29 is 0 Å². The molecule has 196 valence electrons. The van der Waals surface area contributed by atoms with E-state index in [0.717, 1.165) is 0 Å². The average Bonchev–Trinajstić information content (AvgIpc) is 3.08. The van der Waals surface area contributed by atoms with Gasteiger partial charge in [-0.1, -0.05) is 146 Å². The van der Waals surface area contributed by atoms with Crippen molar-refractivity contribution in [1.82, 2.24) is 0 Å². The van der Waals surface area contributed by atoms with Crippen LogP contribution in [0.15, 0.2) is 170 Å². The Bertz CT molecular complexity index is 2250. The van der Waals surface area contributed by atoms with E-state index in [4.69, 9.17) is 0 Å². The smallest absolute Gasteiger partial charge is 0.00988 e. The van der Waals surface area contributed by atoms with Crippen LogP contribution in [0, 0.1) is 0 Å². The van der Waals surface area contributed by atoms with Crippen LogP contribution in [0.4, 0.5) is 0 Å². The molecule has 0 nitrogen and oxygen atoms in total. The van der Waals surface area contributed by atoms with Crippen molar-refractivity contribution in [3.63, 3.8) is 0 Å². The molecule has 0 spiro atoms. The van der Waals surface area contributed by atoms with Crippen molar-refractivity contribution in [2.45, 2.75) is 0 Å². The molecular formula is C42H28. The molecule has 0 atom stereocenters. The predicted molar refractivity (Wildman–Crippen MR) is 181 cm³/mol. The van der Waals surface area contributed by atoms with Gasteiger partial charge >= 0.3 is 0 Å². The first-order valence-corrected chi connectivity index (χ1v) is 14.5. The first-order chi connectivity index (χ1) is 20.8. The van der Waals surface area contributed by atoms with Gasteiger partial charge in [0.1, 0.15) is 0 Å². The number of hydrogen-bond acceptors (Lipinski definition) is 0. The number of benzene rings is 8. The van der Waals surface area contributed by atoms with Gasteiger partial charge in [0.2, 0.25) is 0 Å². The highest BCUT2D eigenvalue weighted by molar-refractivity contribution is 6.13. The minimum Gasteiger partial charge on any atom is -0.0616 e. The second-order valence-corrected chi connectivity index (χ2v) is 11.0. The van der Waals surface area contributed by atoms with Gasteiger partial charge in [0.15, 0.2) is 0 Å². The average molecular weight is 533 g/mol. The maximum Gasteiger partial charge on any atom is -0.00988 e. The second kappa shape index (κ2) is 10.2. The van der Waals surface area contributed by atoms with Crippen LogP contribution in [0.1, 0.15) is 0 Å². The van der Waals surface area contributed by atoms with Crippen LogP contribution in [0.5, 0.6) is 0 Å². The van der Waals surface area contributed by atoms with Crippen LogP contribution in [0.3, 0.4) is 0 Å². The Hall–Kier alpha value is -5.46. The maximum absolute atomic E-state index is 2.34. The lowest BCUT2D eigenvalue weighted by Gasteiger charge is -2.13. The molecule has 0 heterocycles. The van der Waals surface area contributed by atoms with Crippen LogP contribution in [0.25, 0.3) is 76.8 Å². The maximum atomic E-state index is 2.34. The fourth-order valence-electron chi connectivity index (χ4n) is 6.38. The molecule has 0 amide bonds. The zero-order valence-electron chi connectivity index (χ0n) is 23.2. The first-order valence-electron chi connectivity index (χ1n) is 14.5. The SMILES string of the molecule is c1cc(-c2cccc(-c3cccc4ccccc34)c2)cc(-c2cccc(-c3cc4ccccc4c4ccccc34)c2)c1. The van der Waals surface area contributed by atoms with Crippen molar-refractivity contribution >= 4 is 32.3 Å². The minimum absolute atomic E-state index is 1.22. The number of fused-ring (bicyclic) bond motifs is 4. The lowest BCUT2D eigenvalue weighted by Crippen LogP contribution is -1.87. The summed E-state index contributed by atoms with van der Waals surface area (Å²) in [6.45, 7) is 0. The molecular weight excluding hydrogens is 504 g/mol. The number of rotatable bonds is 4. The van der Waals surface area contributed by atoms with E-state index in [0.29, 0.717) is 0 Å². The van der Waals surface area contributed by atoms with E-state index < -0.39 is 0 Å². The molecule has 0 saturated heterocycles. The highest BCUT2D eigenvalue weighted by Crippen LogP contribution is 2.37. The van der Waals surface area contributed by atoms with E-state index in [-0.39, 0.29) is 0 Å². The molecule has 0 saturated carbocycles. The van der Waals surface area contributed by atoms with Gasteiger partial charge in [-0.05, 0) is 101 Å². The van der Waals surface area contributed by atoms with E-state index >= 15 is 0 Å². The Morgan fingerprint density at radius 1 is 0.214 bits per heavy atom. The Labute approximate surface area is 246 Å². The normalized spacial score (nSPS) is 11.3. The Morgan fingerprint density at radius 3 is 1.31 bits per heavy atom. The Balaban J connectivity index is 1.21. The van der Waals surface area contributed by atoms with Gasteiger partial charge in [0, 0.05) is 0 Å². The van der Waals surface area contributed by atoms with Gasteiger partial charge in [0.05, 0.1) is 0 Å². The van der Waals surface area contributed by atoms with Gasteiger partial charge < -0.3 is 0 Å². The summed E-state index contributed by atoms with van der Waals surface area (Å²) in [6, 6.07) is 61.8. The Morgan fingerprint density at radius 2 is 0.643 bits per heavy atom. The molecule has 0 fully saturated rings. The van der Waals surface area contributed by atoms with Crippen LogP contribution in [-0.2, 0) is 0 Å². The van der Waals surface area contributed by atoms with Gasteiger partial charge in [-0.25, -0.2) is 0 Å². The van der Waals surface area contributed by atoms with Gasteiger partial charge in [0.25, 0.3) is 0 Å². The molecule has 8 aromatic rings. The van der Waals surface area contributed by atoms with Gasteiger partial charge in [-0.15, -0.1) is 0 Å². The summed E-state index contributed by atoms with van der Waals surface area (Å²) in [6.07, 6.45) is 0. The van der Waals surface area contributed by atoms with E-state index in [1.165, 1.54) is 76.8 Å². The monoisotopic (exact) mass is 532 g/mol. The third-order valence-electron chi connectivity index (χ3n) is 8.43. The molecule has 0 aliphatic heterocycles. The standard InChI is InChI=1S/C42H28/c1-3-20-37-29(11-1)13-10-24-38(37)34-18-8-16-32(26-34)30-14-7-15-31(25-30)33-17-9-19-35(27-33)42-28-36-12-2-4-21-39(36)40-22-5-6-23-41(40)42/h1-28H.